The van der Waals surface area contributed by atoms with E-state index in [0.29, 0.717) is 17.8 Å². The Bertz CT molecular complexity index is 1090. The molecular formula is C20H24N5O6S+. The Labute approximate surface area is 188 Å². The van der Waals surface area contributed by atoms with Gasteiger partial charge in [0.15, 0.2) is 12.2 Å². The van der Waals surface area contributed by atoms with Gasteiger partial charge in [-0.3, -0.25) is 19.0 Å². The van der Waals surface area contributed by atoms with Crippen LogP contribution in [-0.2, 0) is 27.9 Å². The van der Waals surface area contributed by atoms with Gasteiger partial charge >= 0.3 is 17.3 Å². The van der Waals surface area contributed by atoms with Gasteiger partial charge in [0.05, 0.1) is 18.6 Å². The fraction of sp³-hybridized carbons (Fsp3) is 0.400. The third-order valence-electron chi connectivity index (χ3n) is 5.01. The van der Waals surface area contributed by atoms with Gasteiger partial charge in [-0.25, -0.2) is 9.59 Å². The van der Waals surface area contributed by atoms with Crippen molar-refractivity contribution in [1.29, 1.82) is 0 Å². The Hall–Kier alpha value is -3.54. The molecule has 1 unspecified atom stereocenters. The second kappa shape index (κ2) is 9.73. The molecule has 3 rings (SSSR count). The van der Waals surface area contributed by atoms with E-state index in [0.717, 1.165) is 0 Å². The van der Waals surface area contributed by atoms with Gasteiger partial charge in [-0.1, -0.05) is 4.68 Å². The third-order valence-corrected chi connectivity index (χ3v) is 5.47. The van der Waals surface area contributed by atoms with Crippen molar-refractivity contribution in [3.8, 4) is 0 Å². The van der Waals surface area contributed by atoms with Crippen LogP contribution >= 0.6 is 12.2 Å². The maximum atomic E-state index is 12.9. The van der Waals surface area contributed by atoms with Crippen molar-refractivity contribution < 1.29 is 28.3 Å². The fourth-order valence-corrected chi connectivity index (χ4v) is 3.76. The van der Waals surface area contributed by atoms with Crippen molar-refractivity contribution in [3.05, 3.63) is 45.9 Å². The number of hydrogen-bond donors (Lipinski definition) is 2. The van der Waals surface area contributed by atoms with Crippen LogP contribution in [0, 0.1) is 0 Å². The van der Waals surface area contributed by atoms with Crippen LogP contribution in [0.15, 0.2) is 33.6 Å². The van der Waals surface area contributed by atoms with E-state index in [1.165, 1.54) is 9.58 Å². The van der Waals surface area contributed by atoms with Crippen LogP contribution in [0.5, 0.6) is 0 Å². The predicted octanol–water partition coefficient (Wildman–Crippen LogP) is 0.316. The maximum absolute atomic E-state index is 12.9. The minimum absolute atomic E-state index is 0.00951. The molecule has 0 radical (unpaired) electrons. The number of carbonyl (C=O) groups is 3. The first-order valence-corrected chi connectivity index (χ1v) is 10.4. The molecule has 2 N–H and O–H groups in total. The van der Waals surface area contributed by atoms with Crippen LogP contribution in [0.4, 0.5) is 5.69 Å². The average Bonchev–Trinajstić information content (AvgIpc) is 3.19. The van der Waals surface area contributed by atoms with Crippen LogP contribution in [0.3, 0.4) is 0 Å². The van der Waals surface area contributed by atoms with Gasteiger partial charge in [0.2, 0.25) is 5.91 Å². The summed E-state index contributed by atoms with van der Waals surface area (Å²) < 4.78 is 11.1. The quantitative estimate of drug-likeness (QED) is 0.326. The number of ether oxygens (including phenoxy) is 1. The molecule has 1 aliphatic rings. The third kappa shape index (κ3) is 4.69. The largest absolute Gasteiger partial charge is 0.462 e. The summed E-state index contributed by atoms with van der Waals surface area (Å²) in [6.07, 6.45) is -0.172. The van der Waals surface area contributed by atoms with Gasteiger partial charge in [-0.15, -0.1) is 0 Å². The zero-order valence-corrected chi connectivity index (χ0v) is 18.7. The van der Waals surface area contributed by atoms with Gasteiger partial charge in [-0.05, 0) is 55.6 Å². The number of anilines is 1. The van der Waals surface area contributed by atoms with Crippen LogP contribution < -0.4 is 15.6 Å². The van der Waals surface area contributed by atoms with Gasteiger partial charge in [0.25, 0.3) is 5.91 Å². The summed E-state index contributed by atoms with van der Waals surface area (Å²) in [6, 6.07) is 5.37. The fourth-order valence-electron chi connectivity index (χ4n) is 3.35. The molecule has 0 saturated carbocycles. The number of aromatic nitrogens is 2. The number of amides is 2. The van der Waals surface area contributed by atoms with Crippen molar-refractivity contribution in [1.82, 2.24) is 15.1 Å². The van der Waals surface area contributed by atoms with Crippen molar-refractivity contribution in [3.63, 3.8) is 0 Å². The number of aryl methyl sites for hydroxylation is 1. The highest BCUT2D eigenvalue weighted by molar-refractivity contribution is 7.80. The second-order valence-electron chi connectivity index (χ2n) is 7.05. The Morgan fingerprint density at radius 3 is 2.50 bits per heavy atom. The summed E-state index contributed by atoms with van der Waals surface area (Å²) in [7, 11) is 1.60. The molecule has 11 nitrogen and oxygen atoms in total. The summed E-state index contributed by atoms with van der Waals surface area (Å²) in [5.74, 6) is -1.18. The first kappa shape index (κ1) is 23.1. The van der Waals surface area contributed by atoms with Crippen LogP contribution in [0.2, 0.25) is 0 Å². The van der Waals surface area contributed by atoms with Crippen molar-refractivity contribution in [2.75, 3.05) is 18.5 Å². The minimum atomic E-state index is -0.865. The van der Waals surface area contributed by atoms with Crippen molar-refractivity contribution in [2.24, 2.45) is 7.05 Å². The van der Waals surface area contributed by atoms with Gasteiger partial charge in [0, 0.05) is 12.2 Å². The highest BCUT2D eigenvalue weighted by Crippen LogP contribution is 2.23. The summed E-state index contributed by atoms with van der Waals surface area (Å²) in [6.45, 7) is 4.11. The molecule has 2 heterocycles. The molecule has 1 aliphatic heterocycles. The van der Waals surface area contributed by atoms with E-state index >= 15 is 0 Å². The average molecular weight is 463 g/mol. The number of rotatable bonds is 8. The first-order valence-electron chi connectivity index (χ1n) is 10.0. The lowest BCUT2D eigenvalue weighted by Crippen LogP contribution is -2.44. The van der Waals surface area contributed by atoms with E-state index in [1.54, 1.807) is 50.1 Å². The van der Waals surface area contributed by atoms with E-state index in [-0.39, 0.29) is 36.3 Å². The lowest BCUT2D eigenvalue weighted by atomic mass is 10.1. The second-order valence-corrected chi connectivity index (χ2v) is 7.41. The molecule has 2 amide bonds. The van der Waals surface area contributed by atoms with E-state index in [4.69, 9.17) is 21.5 Å². The SMILES string of the molecule is CCOC(=O)c1ccc(NC(=O)CC2C(=O)N(CC)C(=S)N2Cc2c(=O)o[nH][n+]2C)cc1. The molecule has 12 heteroatoms. The molecule has 2 aromatic rings. The topological polar surface area (TPSA) is 129 Å². The number of thiocarbonyl (C=S) groups is 1. The molecule has 170 valence electrons. The zero-order valence-electron chi connectivity index (χ0n) is 17.9. The van der Waals surface area contributed by atoms with Gasteiger partial charge in [-0.2, -0.15) is 0 Å². The molecule has 0 spiro atoms. The number of likely N-dealkylation sites (N-methyl/N-ethyl adjacent to an activating group) is 1. The lowest BCUT2D eigenvalue weighted by molar-refractivity contribution is -0.746. The molecule has 1 atom stereocenters. The summed E-state index contributed by atoms with van der Waals surface area (Å²) in [5, 5.41) is 5.38. The Balaban J connectivity index is 1.73. The lowest BCUT2D eigenvalue weighted by Gasteiger charge is -2.21. The Morgan fingerprint density at radius 2 is 1.94 bits per heavy atom. The number of esters is 1. The van der Waals surface area contributed by atoms with Crippen molar-refractivity contribution >= 4 is 40.8 Å². The number of H-pyrrole nitrogens is 1. The molecular weight excluding hydrogens is 438 g/mol. The zero-order chi connectivity index (χ0) is 23.4. The molecule has 0 aliphatic carbocycles. The highest BCUT2D eigenvalue weighted by Gasteiger charge is 2.44. The number of nitrogens with zero attached hydrogens (tertiary/aromatic N) is 3. The molecule has 1 aromatic heterocycles. The van der Waals surface area contributed by atoms with Crippen LogP contribution in [-0.4, -0.2) is 57.2 Å². The Kier molecular flexibility index (Phi) is 7.03. The Morgan fingerprint density at radius 1 is 1.25 bits per heavy atom. The summed E-state index contributed by atoms with van der Waals surface area (Å²) >= 11 is 5.42. The molecule has 1 aromatic carbocycles. The maximum Gasteiger partial charge on any atom is 0.431 e. The molecule has 1 saturated heterocycles. The monoisotopic (exact) mass is 462 g/mol. The molecule has 32 heavy (non-hydrogen) atoms. The van der Waals surface area contributed by atoms with Gasteiger partial charge in [0.1, 0.15) is 12.6 Å². The minimum Gasteiger partial charge on any atom is -0.462 e. The standard InChI is InChI=1S/C20H23N5O6S/c1-4-24-17(27)14(25(20(24)32)11-15-19(29)31-22-23(15)3)10-16(26)21-13-8-6-12(7-9-13)18(28)30-5-2/h6-9,14H,4-5,10-11H2,1-3H3,(H-,21,22,26,28,29)/p+1. The van der Waals surface area contributed by atoms with E-state index in [2.05, 4.69) is 10.6 Å². The molecule has 0 bridgehead atoms. The summed E-state index contributed by atoms with van der Waals surface area (Å²) in [4.78, 5) is 52.2. The predicted molar refractivity (Wildman–Crippen MR) is 115 cm³/mol. The van der Waals surface area contributed by atoms with E-state index < -0.39 is 23.5 Å². The smallest absolute Gasteiger partial charge is 0.431 e. The summed E-state index contributed by atoms with van der Waals surface area (Å²) in [5.41, 5.74) is 0.512. The number of nitrogens with one attached hydrogen (secondary N) is 2. The van der Waals surface area contributed by atoms with E-state index in [1.807, 2.05) is 0 Å². The number of carbonyl (C=O) groups excluding carboxylic acids is 3. The number of hydrogen-bond acceptors (Lipinski definition) is 7. The molecule has 1 fully saturated rings. The number of aromatic amines is 1. The highest BCUT2D eigenvalue weighted by atomic mass is 32.1. The normalized spacial score (nSPS) is 15.9. The van der Waals surface area contributed by atoms with Crippen molar-refractivity contribution in [2.45, 2.75) is 32.9 Å². The number of benzene rings is 1. The van der Waals surface area contributed by atoms with Gasteiger partial charge < -0.3 is 15.0 Å². The van der Waals surface area contributed by atoms with Crippen LogP contribution in [0.1, 0.15) is 36.3 Å². The first-order chi connectivity index (χ1) is 15.3. The van der Waals surface area contributed by atoms with Crippen LogP contribution in [0.25, 0.3) is 0 Å². The van der Waals surface area contributed by atoms with E-state index in [9.17, 15) is 19.2 Å².